The second-order valence-electron chi connectivity index (χ2n) is 5.22. The van der Waals surface area contributed by atoms with Gasteiger partial charge in [0.1, 0.15) is 6.10 Å². The molecule has 1 aromatic rings. The van der Waals surface area contributed by atoms with E-state index >= 15 is 0 Å². The Balaban J connectivity index is 2.22. The third kappa shape index (κ3) is 3.16. The molecule has 0 aromatic heterocycles. The Labute approximate surface area is 124 Å². The first-order valence-electron chi connectivity index (χ1n) is 6.91. The van der Waals surface area contributed by atoms with Gasteiger partial charge in [0.2, 0.25) is 5.91 Å². The topological polar surface area (TPSA) is 61.9 Å². The molecule has 0 spiro atoms. The van der Waals surface area contributed by atoms with Crippen LogP contribution >= 0.6 is 0 Å². The van der Waals surface area contributed by atoms with Crippen molar-refractivity contribution in [2.45, 2.75) is 20.0 Å². The summed E-state index contributed by atoms with van der Waals surface area (Å²) in [6, 6.07) is 5.59. The van der Waals surface area contributed by atoms with Gasteiger partial charge >= 0.3 is 6.09 Å². The van der Waals surface area contributed by atoms with Crippen molar-refractivity contribution in [2.24, 2.45) is 0 Å². The Morgan fingerprint density at radius 3 is 2.81 bits per heavy atom. The summed E-state index contributed by atoms with van der Waals surface area (Å²) in [6.45, 7) is 4.60. The first-order chi connectivity index (χ1) is 9.93. The zero-order valence-electron chi connectivity index (χ0n) is 12.8. The number of ether oxygens (including phenoxy) is 1. The maximum absolute atomic E-state index is 12.0. The van der Waals surface area contributed by atoms with E-state index in [1.807, 2.05) is 32.2 Å². The molecule has 0 saturated carbocycles. The smallest absolute Gasteiger partial charge is 0.414 e. The number of amides is 2. The number of rotatable bonds is 4. The zero-order chi connectivity index (χ0) is 15.6. The van der Waals surface area contributed by atoms with Crippen LogP contribution in [0.4, 0.5) is 16.2 Å². The van der Waals surface area contributed by atoms with Gasteiger partial charge in [0.05, 0.1) is 12.2 Å². The molecular formula is C15H21N3O3. The summed E-state index contributed by atoms with van der Waals surface area (Å²) >= 11 is 0. The number of carbonyl (C=O) groups excluding carboxylic acids is 2. The highest BCUT2D eigenvalue weighted by atomic mass is 16.6. The summed E-state index contributed by atoms with van der Waals surface area (Å²) in [5.41, 5.74) is 2.56. The highest BCUT2D eigenvalue weighted by Crippen LogP contribution is 2.28. The van der Waals surface area contributed by atoms with Crippen LogP contribution in [0.3, 0.4) is 0 Å². The SMILES string of the molecule is CNCC1CN(c2ccc(N(C)C(C)=O)cc2C)C(=O)O1. The fourth-order valence-electron chi connectivity index (χ4n) is 2.39. The van der Waals surface area contributed by atoms with Gasteiger partial charge in [-0.1, -0.05) is 0 Å². The largest absolute Gasteiger partial charge is 0.443 e. The van der Waals surface area contributed by atoms with Crippen LogP contribution in [0.1, 0.15) is 12.5 Å². The van der Waals surface area contributed by atoms with Crippen molar-refractivity contribution >= 4 is 23.4 Å². The number of likely N-dealkylation sites (N-methyl/N-ethyl adjacent to an activating group) is 1. The van der Waals surface area contributed by atoms with E-state index in [1.165, 1.54) is 6.92 Å². The second kappa shape index (κ2) is 6.13. The van der Waals surface area contributed by atoms with Crippen molar-refractivity contribution in [3.8, 4) is 0 Å². The molecule has 1 unspecified atom stereocenters. The van der Waals surface area contributed by atoms with E-state index in [1.54, 1.807) is 16.8 Å². The van der Waals surface area contributed by atoms with Gasteiger partial charge in [0.15, 0.2) is 0 Å². The van der Waals surface area contributed by atoms with Crippen molar-refractivity contribution in [1.82, 2.24) is 5.32 Å². The van der Waals surface area contributed by atoms with E-state index in [4.69, 9.17) is 4.74 Å². The lowest BCUT2D eigenvalue weighted by molar-refractivity contribution is -0.116. The first kappa shape index (κ1) is 15.3. The maximum atomic E-state index is 12.0. The van der Waals surface area contributed by atoms with Crippen LogP contribution in [0.2, 0.25) is 0 Å². The van der Waals surface area contributed by atoms with Crippen LogP contribution in [0.5, 0.6) is 0 Å². The summed E-state index contributed by atoms with van der Waals surface area (Å²) in [5, 5.41) is 3.01. The molecule has 1 aliphatic heterocycles. The average Bonchev–Trinajstić information content (AvgIpc) is 2.79. The minimum Gasteiger partial charge on any atom is -0.443 e. The minimum absolute atomic E-state index is 0.0307. The predicted octanol–water partition coefficient (Wildman–Crippen LogP) is 1.52. The fourth-order valence-corrected chi connectivity index (χ4v) is 2.39. The highest BCUT2D eigenvalue weighted by molar-refractivity contribution is 5.93. The summed E-state index contributed by atoms with van der Waals surface area (Å²) in [4.78, 5) is 26.6. The normalized spacial score (nSPS) is 17.8. The third-order valence-corrected chi connectivity index (χ3v) is 3.64. The van der Waals surface area contributed by atoms with E-state index in [0.717, 1.165) is 16.9 Å². The molecule has 1 aromatic carbocycles. The Morgan fingerprint density at radius 2 is 2.24 bits per heavy atom. The Hall–Kier alpha value is -2.08. The number of hydrogen-bond donors (Lipinski definition) is 1. The minimum atomic E-state index is -0.328. The van der Waals surface area contributed by atoms with Gasteiger partial charge in [-0.15, -0.1) is 0 Å². The van der Waals surface area contributed by atoms with Gasteiger partial charge in [-0.05, 0) is 37.7 Å². The van der Waals surface area contributed by atoms with E-state index in [9.17, 15) is 9.59 Å². The Bertz CT molecular complexity index is 559. The molecule has 6 nitrogen and oxygen atoms in total. The van der Waals surface area contributed by atoms with Crippen LogP contribution < -0.4 is 15.1 Å². The second-order valence-corrected chi connectivity index (χ2v) is 5.22. The number of anilines is 2. The molecule has 114 valence electrons. The predicted molar refractivity (Wildman–Crippen MR) is 81.8 cm³/mol. The van der Waals surface area contributed by atoms with Crippen LogP contribution in [0, 0.1) is 6.92 Å². The number of nitrogens with zero attached hydrogens (tertiary/aromatic N) is 2. The molecule has 1 saturated heterocycles. The van der Waals surface area contributed by atoms with E-state index in [2.05, 4.69) is 5.32 Å². The van der Waals surface area contributed by atoms with Crippen LogP contribution in [0.15, 0.2) is 18.2 Å². The number of carbonyl (C=O) groups is 2. The van der Waals surface area contributed by atoms with Gasteiger partial charge < -0.3 is 15.0 Å². The van der Waals surface area contributed by atoms with Crippen molar-refractivity contribution < 1.29 is 14.3 Å². The van der Waals surface area contributed by atoms with E-state index < -0.39 is 0 Å². The molecular weight excluding hydrogens is 270 g/mol. The highest BCUT2D eigenvalue weighted by Gasteiger charge is 2.32. The lowest BCUT2D eigenvalue weighted by atomic mass is 10.1. The molecule has 1 atom stereocenters. The monoisotopic (exact) mass is 291 g/mol. The van der Waals surface area contributed by atoms with Gasteiger partial charge in [-0.3, -0.25) is 9.69 Å². The molecule has 21 heavy (non-hydrogen) atoms. The fraction of sp³-hybridized carbons (Fsp3) is 0.467. The Kier molecular flexibility index (Phi) is 4.47. The number of cyclic esters (lactones) is 1. The van der Waals surface area contributed by atoms with Crippen LogP contribution in [-0.4, -0.2) is 45.3 Å². The van der Waals surface area contributed by atoms with Gasteiger partial charge in [0.25, 0.3) is 0 Å². The molecule has 2 amide bonds. The molecule has 1 aliphatic rings. The van der Waals surface area contributed by atoms with Crippen molar-refractivity contribution in [1.29, 1.82) is 0 Å². The maximum Gasteiger partial charge on any atom is 0.414 e. The number of aryl methyl sites for hydroxylation is 1. The molecule has 1 heterocycles. The first-order valence-corrected chi connectivity index (χ1v) is 6.91. The molecule has 0 radical (unpaired) electrons. The summed E-state index contributed by atoms with van der Waals surface area (Å²) in [6.07, 6.45) is -0.465. The molecule has 6 heteroatoms. The van der Waals surface area contributed by atoms with Crippen molar-refractivity contribution in [3.05, 3.63) is 23.8 Å². The Morgan fingerprint density at radius 1 is 1.52 bits per heavy atom. The number of nitrogens with one attached hydrogen (secondary N) is 1. The summed E-state index contributed by atoms with van der Waals surface area (Å²) in [7, 11) is 3.55. The van der Waals surface area contributed by atoms with Gasteiger partial charge in [0, 0.05) is 26.2 Å². The zero-order valence-corrected chi connectivity index (χ0v) is 12.8. The van der Waals surface area contributed by atoms with E-state index in [0.29, 0.717) is 13.1 Å². The lowest BCUT2D eigenvalue weighted by Gasteiger charge is -2.20. The molecule has 0 bridgehead atoms. The average molecular weight is 291 g/mol. The molecule has 2 rings (SSSR count). The third-order valence-electron chi connectivity index (χ3n) is 3.64. The van der Waals surface area contributed by atoms with Crippen LogP contribution in [-0.2, 0) is 9.53 Å². The number of benzene rings is 1. The summed E-state index contributed by atoms with van der Waals surface area (Å²) in [5.74, 6) is -0.0307. The standard InChI is InChI=1S/C15H21N3O3/c1-10-7-12(17(4)11(2)19)5-6-14(10)18-9-13(8-16-3)21-15(18)20/h5-7,13,16H,8-9H2,1-4H3. The van der Waals surface area contributed by atoms with Crippen LogP contribution in [0.25, 0.3) is 0 Å². The summed E-state index contributed by atoms with van der Waals surface area (Å²) < 4.78 is 5.30. The number of hydrogen-bond acceptors (Lipinski definition) is 4. The van der Waals surface area contributed by atoms with E-state index in [-0.39, 0.29) is 18.1 Å². The van der Waals surface area contributed by atoms with Gasteiger partial charge in [-0.2, -0.15) is 0 Å². The molecule has 1 N–H and O–H groups in total. The quantitative estimate of drug-likeness (QED) is 0.913. The van der Waals surface area contributed by atoms with Crippen molar-refractivity contribution in [3.63, 3.8) is 0 Å². The van der Waals surface area contributed by atoms with Crippen molar-refractivity contribution in [2.75, 3.05) is 37.0 Å². The molecule has 0 aliphatic carbocycles. The lowest BCUT2D eigenvalue weighted by Crippen LogP contribution is -2.29. The molecule has 1 fully saturated rings. The van der Waals surface area contributed by atoms with Gasteiger partial charge in [-0.25, -0.2) is 4.79 Å².